The minimum atomic E-state index is -1.17. The Labute approximate surface area is 81.4 Å². The van der Waals surface area contributed by atoms with Gasteiger partial charge in [-0.25, -0.2) is 0 Å². The van der Waals surface area contributed by atoms with E-state index in [-0.39, 0.29) is 0 Å². The zero-order chi connectivity index (χ0) is 10.6. The van der Waals surface area contributed by atoms with Crippen molar-refractivity contribution in [1.29, 1.82) is 0 Å². The Morgan fingerprint density at radius 2 is 2.00 bits per heavy atom. The van der Waals surface area contributed by atoms with E-state index in [1.165, 1.54) is 14.2 Å². The van der Waals surface area contributed by atoms with Crippen LogP contribution in [0.5, 0.6) is 5.75 Å². The van der Waals surface area contributed by atoms with Gasteiger partial charge in [0, 0.05) is 7.11 Å². The van der Waals surface area contributed by atoms with E-state index in [1.807, 2.05) is 0 Å². The van der Waals surface area contributed by atoms with Crippen LogP contribution in [-0.2, 0) is 4.74 Å². The first-order chi connectivity index (χ1) is 6.70. The van der Waals surface area contributed by atoms with E-state index in [9.17, 15) is 10.1 Å². The lowest BCUT2D eigenvalue weighted by molar-refractivity contribution is -0.581. The Balaban J connectivity index is 3.08. The molecule has 0 fully saturated rings. The number of para-hydroxylation sites is 1. The van der Waals surface area contributed by atoms with Crippen LogP contribution in [0.1, 0.15) is 11.8 Å². The third kappa shape index (κ3) is 2.00. The lowest BCUT2D eigenvalue weighted by Gasteiger charge is -2.10. The molecule has 0 aliphatic rings. The average molecular weight is 197 g/mol. The first-order valence-electron chi connectivity index (χ1n) is 4.00. The van der Waals surface area contributed by atoms with Crippen molar-refractivity contribution in [2.75, 3.05) is 14.2 Å². The van der Waals surface area contributed by atoms with E-state index in [0.29, 0.717) is 11.3 Å². The molecule has 14 heavy (non-hydrogen) atoms. The summed E-state index contributed by atoms with van der Waals surface area (Å²) in [4.78, 5) is 10.1. The van der Waals surface area contributed by atoms with E-state index in [4.69, 9.17) is 9.47 Å². The topological polar surface area (TPSA) is 61.6 Å². The van der Waals surface area contributed by atoms with Crippen LogP contribution >= 0.6 is 0 Å². The maximum Gasteiger partial charge on any atom is 0.345 e. The monoisotopic (exact) mass is 197 g/mol. The molecule has 1 rings (SSSR count). The Morgan fingerprint density at radius 1 is 1.36 bits per heavy atom. The fourth-order valence-electron chi connectivity index (χ4n) is 1.20. The zero-order valence-electron chi connectivity index (χ0n) is 7.97. The summed E-state index contributed by atoms with van der Waals surface area (Å²) in [6.07, 6.45) is -1.17. The molecular formula is C9H11NO4. The second kappa shape index (κ2) is 4.57. The van der Waals surface area contributed by atoms with Crippen LogP contribution in [0.3, 0.4) is 0 Å². The summed E-state index contributed by atoms with van der Waals surface area (Å²) in [5.74, 6) is 0.455. The highest BCUT2D eigenvalue weighted by Crippen LogP contribution is 2.26. The van der Waals surface area contributed by atoms with Gasteiger partial charge in [-0.15, -0.1) is 0 Å². The van der Waals surface area contributed by atoms with Crippen molar-refractivity contribution >= 4 is 0 Å². The quantitative estimate of drug-likeness (QED) is 0.418. The number of ether oxygens (including phenoxy) is 2. The predicted molar refractivity (Wildman–Crippen MR) is 49.7 cm³/mol. The van der Waals surface area contributed by atoms with Gasteiger partial charge >= 0.3 is 6.23 Å². The van der Waals surface area contributed by atoms with Gasteiger partial charge < -0.3 is 9.47 Å². The van der Waals surface area contributed by atoms with Gasteiger partial charge in [-0.3, -0.25) is 10.1 Å². The van der Waals surface area contributed by atoms with Crippen molar-refractivity contribution in [3.05, 3.63) is 39.9 Å². The Kier molecular flexibility index (Phi) is 3.41. The molecule has 0 bridgehead atoms. The summed E-state index contributed by atoms with van der Waals surface area (Å²) < 4.78 is 9.76. The van der Waals surface area contributed by atoms with Gasteiger partial charge in [-0.1, -0.05) is 12.1 Å². The largest absolute Gasteiger partial charge is 0.496 e. The van der Waals surface area contributed by atoms with Crippen LogP contribution in [0.25, 0.3) is 0 Å². The minimum absolute atomic E-state index is 0.419. The third-order valence-corrected chi connectivity index (χ3v) is 1.82. The molecule has 1 aromatic rings. The van der Waals surface area contributed by atoms with Crippen molar-refractivity contribution < 1.29 is 14.4 Å². The summed E-state index contributed by atoms with van der Waals surface area (Å²) in [5, 5.41) is 10.6. The minimum Gasteiger partial charge on any atom is -0.496 e. The molecule has 0 aromatic heterocycles. The summed E-state index contributed by atoms with van der Waals surface area (Å²) in [7, 11) is 2.76. The smallest absolute Gasteiger partial charge is 0.345 e. The van der Waals surface area contributed by atoms with Gasteiger partial charge in [-0.05, 0) is 12.1 Å². The SMILES string of the molecule is COc1ccccc1C(OC)[N+](=O)[O-]. The van der Waals surface area contributed by atoms with Gasteiger partial charge in [0.25, 0.3) is 0 Å². The summed E-state index contributed by atoms with van der Waals surface area (Å²) >= 11 is 0. The number of hydrogen-bond acceptors (Lipinski definition) is 4. The van der Waals surface area contributed by atoms with Crippen molar-refractivity contribution in [3.63, 3.8) is 0 Å². The molecule has 0 spiro atoms. The van der Waals surface area contributed by atoms with Gasteiger partial charge in [0.15, 0.2) is 0 Å². The fourth-order valence-corrected chi connectivity index (χ4v) is 1.20. The second-order valence-electron chi connectivity index (χ2n) is 2.62. The molecule has 0 amide bonds. The Morgan fingerprint density at radius 3 is 2.50 bits per heavy atom. The van der Waals surface area contributed by atoms with Crippen LogP contribution < -0.4 is 4.74 Å². The molecule has 1 unspecified atom stereocenters. The highest BCUT2D eigenvalue weighted by atomic mass is 16.7. The highest BCUT2D eigenvalue weighted by molar-refractivity contribution is 5.33. The maximum atomic E-state index is 10.6. The molecule has 1 atom stereocenters. The Hall–Kier alpha value is -1.62. The lowest BCUT2D eigenvalue weighted by Crippen LogP contribution is -2.13. The van der Waals surface area contributed by atoms with Crippen molar-refractivity contribution in [2.45, 2.75) is 6.23 Å². The van der Waals surface area contributed by atoms with Crippen LogP contribution in [-0.4, -0.2) is 19.1 Å². The van der Waals surface area contributed by atoms with Crippen LogP contribution in [0.2, 0.25) is 0 Å². The van der Waals surface area contributed by atoms with Crippen molar-refractivity contribution in [1.82, 2.24) is 0 Å². The molecule has 0 radical (unpaired) electrons. The number of methoxy groups -OCH3 is 2. The van der Waals surface area contributed by atoms with Gasteiger partial charge in [0.1, 0.15) is 5.75 Å². The maximum absolute atomic E-state index is 10.6. The summed E-state index contributed by atoms with van der Waals surface area (Å²) in [6, 6.07) is 6.71. The zero-order valence-corrected chi connectivity index (χ0v) is 7.97. The molecule has 0 aliphatic carbocycles. The number of hydrogen-bond donors (Lipinski definition) is 0. The highest BCUT2D eigenvalue weighted by Gasteiger charge is 2.25. The number of nitro groups is 1. The molecule has 76 valence electrons. The predicted octanol–water partition coefficient (Wildman–Crippen LogP) is 1.62. The summed E-state index contributed by atoms with van der Waals surface area (Å²) in [6.45, 7) is 0. The normalized spacial score (nSPS) is 12.1. The van der Waals surface area contributed by atoms with E-state index >= 15 is 0 Å². The van der Waals surface area contributed by atoms with Crippen molar-refractivity contribution in [3.8, 4) is 5.75 Å². The third-order valence-electron chi connectivity index (χ3n) is 1.82. The van der Waals surface area contributed by atoms with Crippen molar-refractivity contribution in [2.24, 2.45) is 0 Å². The van der Waals surface area contributed by atoms with E-state index in [2.05, 4.69) is 0 Å². The molecule has 0 N–H and O–H groups in total. The molecular weight excluding hydrogens is 186 g/mol. The standard InChI is InChI=1S/C9H11NO4/c1-13-8-6-4-3-5-7(8)9(14-2)10(11)12/h3-6,9H,1-2H3. The van der Waals surface area contributed by atoms with Gasteiger partial charge in [0.05, 0.1) is 17.6 Å². The van der Waals surface area contributed by atoms with Crippen LogP contribution in [0, 0.1) is 10.1 Å². The number of nitrogens with zero attached hydrogens (tertiary/aromatic N) is 1. The number of rotatable bonds is 4. The number of benzene rings is 1. The average Bonchev–Trinajstić information content (AvgIpc) is 2.19. The molecule has 5 nitrogen and oxygen atoms in total. The first-order valence-corrected chi connectivity index (χ1v) is 4.00. The van der Waals surface area contributed by atoms with Gasteiger partial charge in [0.2, 0.25) is 0 Å². The van der Waals surface area contributed by atoms with Crippen LogP contribution in [0.15, 0.2) is 24.3 Å². The molecule has 5 heteroatoms. The molecule has 0 saturated carbocycles. The second-order valence-corrected chi connectivity index (χ2v) is 2.62. The molecule has 1 aromatic carbocycles. The lowest BCUT2D eigenvalue weighted by atomic mass is 10.2. The van der Waals surface area contributed by atoms with E-state index in [1.54, 1.807) is 24.3 Å². The first kappa shape index (κ1) is 10.5. The van der Waals surface area contributed by atoms with E-state index < -0.39 is 11.2 Å². The van der Waals surface area contributed by atoms with Crippen LogP contribution in [0.4, 0.5) is 0 Å². The van der Waals surface area contributed by atoms with E-state index in [0.717, 1.165) is 0 Å². The fraction of sp³-hybridized carbons (Fsp3) is 0.333. The molecule has 0 heterocycles. The Bertz CT molecular complexity index is 326. The summed E-state index contributed by atoms with van der Waals surface area (Å²) in [5.41, 5.74) is 0.419. The molecule has 0 aliphatic heterocycles. The molecule has 0 saturated heterocycles. The van der Waals surface area contributed by atoms with Gasteiger partial charge in [-0.2, -0.15) is 0 Å².